The summed E-state index contributed by atoms with van der Waals surface area (Å²) in [5.41, 5.74) is 5.26. The Hall–Kier alpha value is -1.10. The van der Waals surface area contributed by atoms with Crippen molar-refractivity contribution in [1.29, 1.82) is 0 Å². The van der Waals surface area contributed by atoms with Gasteiger partial charge in [-0.1, -0.05) is 26.2 Å². The monoisotopic (exact) mass is 241 g/mol. The van der Waals surface area contributed by atoms with Crippen molar-refractivity contribution < 1.29 is 9.59 Å². The summed E-state index contributed by atoms with van der Waals surface area (Å²) in [4.78, 5) is 23.0. The summed E-state index contributed by atoms with van der Waals surface area (Å²) in [5, 5.41) is 5.30. The van der Waals surface area contributed by atoms with Crippen molar-refractivity contribution in [1.82, 2.24) is 10.6 Å². The normalized spacial score (nSPS) is 24.8. The fourth-order valence-electron chi connectivity index (χ4n) is 2.21. The van der Waals surface area contributed by atoms with Crippen LogP contribution in [0, 0.1) is 5.92 Å². The number of nitrogens with two attached hydrogens (primary N) is 1. The van der Waals surface area contributed by atoms with Crippen LogP contribution in [0.2, 0.25) is 0 Å². The second-order valence-corrected chi connectivity index (χ2v) is 4.74. The van der Waals surface area contributed by atoms with Gasteiger partial charge in [0.2, 0.25) is 0 Å². The molecule has 0 aliphatic heterocycles. The molecule has 0 aromatic carbocycles. The van der Waals surface area contributed by atoms with Gasteiger partial charge >= 0.3 is 11.8 Å². The van der Waals surface area contributed by atoms with E-state index in [9.17, 15) is 9.59 Å². The summed E-state index contributed by atoms with van der Waals surface area (Å²) >= 11 is 0. The Morgan fingerprint density at radius 2 is 1.88 bits per heavy atom. The highest BCUT2D eigenvalue weighted by Gasteiger charge is 2.24. The third-order valence-corrected chi connectivity index (χ3v) is 3.31. The lowest BCUT2D eigenvalue weighted by Gasteiger charge is -2.22. The first kappa shape index (κ1) is 14.0. The smallest absolute Gasteiger partial charge is 0.309 e. The van der Waals surface area contributed by atoms with Gasteiger partial charge in [0.15, 0.2) is 0 Å². The van der Waals surface area contributed by atoms with Crippen LogP contribution in [0.1, 0.15) is 39.0 Å². The van der Waals surface area contributed by atoms with Gasteiger partial charge in [0.25, 0.3) is 0 Å². The Balaban J connectivity index is 2.40. The molecule has 2 unspecified atom stereocenters. The number of hydrogen-bond acceptors (Lipinski definition) is 3. The van der Waals surface area contributed by atoms with Crippen molar-refractivity contribution in [2.75, 3.05) is 13.1 Å². The average molecular weight is 241 g/mol. The molecule has 0 spiro atoms. The van der Waals surface area contributed by atoms with Gasteiger partial charge in [0, 0.05) is 19.1 Å². The maximum absolute atomic E-state index is 11.6. The van der Waals surface area contributed by atoms with E-state index >= 15 is 0 Å². The van der Waals surface area contributed by atoms with E-state index in [1.165, 1.54) is 12.8 Å². The van der Waals surface area contributed by atoms with E-state index in [4.69, 9.17) is 5.73 Å². The van der Waals surface area contributed by atoms with E-state index in [0.717, 1.165) is 19.3 Å². The number of carbonyl (C=O) groups excluding carboxylic acids is 2. The molecule has 5 nitrogen and oxygen atoms in total. The number of nitrogens with one attached hydrogen (secondary N) is 2. The molecule has 5 heteroatoms. The van der Waals surface area contributed by atoms with E-state index in [1.807, 2.05) is 0 Å². The fraction of sp³-hybridized carbons (Fsp3) is 0.833. The molecular weight excluding hydrogens is 218 g/mol. The van der Waals surface area contributed by atoms with Crippen molar-refractivity contribution in [3.63, 3.8) is 0 Å². The lowest BCUT2D eigenvalue weighted by Crippen LogP contribution is -2.47. The van der Waals surface area contributed by atoms with Gasteiger partial charge in [-0.2, -0.15) is 0 Å². The molecule has 0 radical (unpaired) electrons. The third-order valence-electron chi connectivity index (χ3n) is 3.31. The molecule has 0 saturated heterocycles. The Bertz CT molecular complexity index is 268. The van der Waals surface area contributed by atoms with Gasteiger partial charge in [0.1, 0.15) is 0 Å². The minimum atomic E-state index is -0.577. The molecule has 0 aromatic heterocycles. The minimum Gasteiger partial charge on any atom is -0.347 e. The molecule has 98 valence electrons. The van der Waals surface area contributed by atoms with E-state index < -0.39 is 11.8 Å². The van der Waals surface area contributed by atoms with Gasteiger partial charge in [-0.3, -0.25) is 9.59 Å². The number of rotatable bonds is 3. The Kier molecular flexibility index (Phi) is 5.97. The summed E-state index contributed by atoms with van der Waals surface area (Å²) < 4.78 is 0. The SMILES string of the molecule is CC1CCCCCC1NC(=O)C(=O)NCCN. The van der Waals surface area contributed by atoms with Gasteiger partial charge in [-0.05, 0) is 18.8 Å². The number of carbonyl (C=O) groups is 2. The average Bonchev–Trinajstić information content (AvgIpc) is 2.52. The van der Waals surface area contributed by atoms with Crippen molar-refractivity contribution in [3.05, 3.63) is 0 Å². The minimum absolute atomic E-state index is 0.133. The molecule has 17 heavy (non-hydrogen) atoms. The quantitative estimate of drug-likeness (QED) is 0.485. The van der Waals surface area contributed by atoms with Crippen molar-refractivity contribution in [2.24, 2.45) is 11.7 Å². The lowest BCUT2D eigenvalue weighted by atomic mass is 9.97. The highest BCUT2D eigenvalue weighted by molar-refractivity contribution is 6.35. The molecule has 1 aliphatic rings. The zero-order valence-corrected chi connectivity index (χ0v) is 10.5. The van der Waals surface area contributed by atoms with E-state index in [2.05, 4.69) is 17.6 Å². The van der Waals surface area contributed by atoms with Gasteiger partial charge < -0.3 is 16.4 Å². The first-order valence-corrected chi connectivity index (χ1v) is 6.44. The molecule has 0 bridgehead atoms. The van der Waals surface area contributed by atoms with Crippen LogP contribution in [0.25, 0.3) is 0 Å². The Morgan fingerprint density at radius 1 is 1.18 bits per heavy atom. The highest BCUT2D eigenvalue weighted by Crippen LogP contribution is 2.22. The zero-order chi connectivity index (χ0) is 12.7. The molecular formula is C12H23N3O2. The third kappa shape index (κ3) is 4.73. The summed E-state index contributed by atoms with van der Waals surface area (Å²) in [6.45, 7) is 2.82. The predicted molar refractivity (Wildman–Crippen MR) is 66.2 cm³/mol. The lowest BCUT2D eigenvalue weighted by molar-refractivity contribution is -0.139. The van der Waals surface area contributed by atoms with Crippen LogP contribution in [0.15, 0.2) is 0 Å². The molecule has 1 rings (SSSR count). The molecule has 1 aliphatic carbocycles. The van der Waals surface area contributed by atoms with E-state index in [1.54, 1.807) is 0 Å². The molecule has 2 atom stereocenters. The largest absolute Gasteiger partial charge is 0.347 e. The number of amides is 2. The molecule has 1 fully saturated rings. The topological polar surface area (TPSA) is 84.2 Å². The molecule has 1 saturated carbocycles. The van der Waals surface area contributed by atoms with Crippen LogP contribution in [0.5, 0.6) is 0 Å². The van der Waals surface area contributed by atoms with Crippen molar-refractivity contribution in [2.45, 2.75) is 45.1 Å². The zero-order valence-electron chi connectivity index (χ0n) is 10.5. The fourth-order valence-corrected chi connectivity index (χ4v) is 2.21. The van der Waals surface area contributed by atoms with Crippen LogP contribution in [-0.2, 0) is 9.59 Å². The Labute approximate surface area is 103 Å². The van der Waals surface area contributed by atoms with Crippen molar-refractivity contribution in [3.8, 4) is 0 Å². The second kappa shape index (κ2) is 7.27. The molecule has 4 N–H and O–H groups in total. The number of hydrogen-bond donors (Lipinski definition) is 3. The summed E-state index contributed by atoms with van der Waals surface area (Å²) in [5.74, 6) is -0.659. The van der Waals surface area contributed by atoms with Gasteiger partial charge in [-0.25, -0.2) is 0 Å². The predicted octanol–water partition coefficient (Wildman–Crippen LogP) is 0.146. The standard InChI is InChI=1S/C12H23N3O2/c1-9-5-3-2-4-6-10(9)15-12(17)11(16)14-8-7-13/h9-10H,2-8,13H2,1H3,(H,14,16)(H,15,17). The van der Waals surface area contributed by atoms with Crippen LogP contribution in [0.4, 0.5) is 0 Å². The molecule has 2 amide bonds. The van der Waals surface area contributed by atoms with Crippen LogP contribution in [0.3, 0.4) is 0 Å². The van der Waals surface area contributed by atoms with Crippen LogP contribution >= 0.6 is 0 Å². The first-order chi connectivity index (χ1) is 8.15. The summed E-state index contributed by atoms with van der Waals surface area (Å²) in [7, 11) is 0. The van der Waals surface area contributed by atoms with Crippen LogP contribution in [-0.4, -0.2) is 30.9 Å². The van der Waals surface area contributed by atoms with Crippen LogP contribution < -0.4 is 16.4 Å². The van der Waals surface area contributed by atoms with Gasteiger partial charge in [-0.15, -0.1) is 0 Å². The van der Waals surface area contributed by atoms with Crippen molar-refractivity contribution >= 4 is 11.8 Å². The van der Waals surface area contributed by atoms with E-state index in [0.29, 0.717) is 19.0 Å². The van der Waals surface area contributed by atoms with E-state index in [-0.39, 0.29) is 6.04 Å². The first-order valence-electron chi connectivity index (χ1n) is 6.44. The Morgan fingerprint density at radius 3 is 2.59 bits per heavy atom. The molecule has 0 heterocycles. The second-order valence-electron chi connectivity index (χ2n) is 4.74. The van der Waals surface area contributed by atoms with Gasteiger partial charge in [0.05, 0.1) is 0 Å². The highest BCUT2D eigenvalue weighted by atomic mass is 16.2. The maximum Gasteiger partial charge on any atom is 0.309 e. The summed E-state index contributed by atoms with van der Waals surface area (Å²) in [6.07, 6.45) is 5.65. The maximum atomic E-state index is 11.6. The summed E-state index contributed by atoms with van der Waals surface area (Å²) in [6, 6.07) is 0.133. The molecule has 0 aromatic rings.